The second-order valence-corrected chi connectivity index (χ2v) is 9.30. The Morgan fingerprint density at radius 1 is 1.40 bits per heavy atom. The quantitative estimate of drug-likeness (QED) is 0.367. The van der Waals surface area contributed by atoms with E-state index in [0.29, 0.717) is 17.1 Å². The van der Waals surface area contributed by atoms with E-state index in [4.69, 9.17) is 16.3 Å². The Balaban J connectivity index is 1.68. The van der Waals surface area contributed by atoms with Crippen LogP contribution in [-0.4, -0.2) is 29.0 Å². The topological polar surface area (TPSA) is 55.4 Å². The molecule has 1 aliphatic heterocycles. The van der Waals surface area contributed by atoms with Gasteiger partial charge >= 0.3 is 5.97 Å². The highest BCUT2D eigenvalue weighted by Gasteiger charge is 2.19. The number of esters is 1. The van der Waals surface area contributed by atoms with Crippen LogP contribution in [0.3, 0.4) is 0 Å². The molecule has 2 atom stereocenters. The highest BCUT2D eigenvalue weighted by molar-refractivity contribution is 8.77. The van der Waals surface area contributed by atoms with Crippen molar-refractivity contribution in [1.29, 1.82) is 0 Å². The van der Waals surface area contributed by atoms with Crippen molar-refractivity contribution in [2.75, 3.05) is 11.1 Å². The molecule has 1 aliphatic rings. The normalized spacial score (nSPS) is 18.0. The molecule has 1 aromatic carbocycles. The number of benzene rings is 1. The number of anilines is 1. The summed E-state index contributed by atoms with van der Waals surface area (Å²) in [5.74, 6) is 0.563. The molecule has 7 heteroatoms. The van der Waals surface area contributed by atoms with Crippen molar-refractivity contribution in [3.63, 3.8) is 0 Å². The lowest BCUT2D eigenvalue weighted by Crippen LogP contribution is -2.30. The van der Waals surface area contributed by atoms with Gasteiger partial charge in [-0.1, -0.05) is 45.7 Å². The van der Waals surface area contributed by atoms with Crippen LogP contribution in [0.4, 0.5) is 5.69 Å². The molecule has 4 nitrogen and oxygen atoms in total. The second kappa shape index (κ2) is 10.3. The largest absolute Gasteiger partial charge is 0.453 e. The smallest absolute Gasteiger partial charge is 0.306 e. The summed E-state index contributed by atoms with van der Waals surface area (Å²) in [4.78, 5) is 24.1. The first-order valence-corrected chi connectivity index (χ1v) is 11.3. The van der Waals surface area contributed by atoms with Crippen molar-refractivity contribution in [3.05, 3.63) is 28.8 Å². The Bertz CT molecular complexity index is 606. The molecule has 0 radical (unpaired) electrons. The maximum absolute atomic E-state index is 12.2. The van der Waals surface area contributed by atoms with E-state index in [-0.39, 0.29) is 11.9 Å². The molecule has 1 fully saturated rings. The van der Waals surface area contributed by atoms with Gasteiger partial charge in [-0.3, -0.25) is 9.59 Å². The van der Waals surface area contributed by atoms with Crippen LogP contribution in [0.25, 0.3) is 0 Å². The van der Waals surface area contributed by atoms with Crippen molar-refractivity contribution in [2.45, 2.75) is 57.3 Å². The number of carbonyl (C=O) groups excluding carboxylic acids is 2. The average Bonchev–Trinajstić information content (AvgIpc) is 3.09. The summed E-state index contributed by atoms with van der Waals surface area (Å²) in [5, 5.41) is 4.07. The van der Waals surface area contributed by atoms with E-state index >= 15 is 0 Å². The van der Waals surface area contributed by atoms with E-state index in [1.54, 1.807) is 25.1 Å². The Hall–Kier alpha value is -0.850. The first-order valence-electron chi connectivity index (χ1n) is 8.51. The van der Waals surface area contributed by atoms with Crippen LogP contribution in [0.5, 0.6) is 0 Å². The summed E-state index contributed by atoms with van der Waals surface area (Å²) >= 11 is 6.04. The molecule has 0 unspecified atom stereocenters. The Morgan fingerprint density at radius 3 is 2.92 bits per heavy atom. The Morgan fingerprint density at radius 2 is 2.20 bits per heavy atom. The molecule has 0 bridgehead atoms. The molecule has 1 aromatic rings. The standard InChI is InChI=1S/C18H24ClNO3S2/c1-12-15(19)7-5-8-16(12)20-18(22)13(2)23-17(21)9-4-3-6-14-10-11-24-25-14/h5,7-8,13-14H,3-4,6,9-11H2,1-2H3,(H,20,22)/t13-,14+/m1/s1. The number of halogens is 1. The first-order chi connectivity index (χ1) is 12.0. The van der Waals surface area contributed by atoms with Crippen LogP contribution in [0.1, 0.15) is 44.6 Å². The van der Waals surface area contributed by atoms with Gasteiger partial charge in [0.25, 0.3) is 5.91 Å². The van der Waals surface area contributed by atoms with E-state index in [1.165, 1.54) is 12.2 Å². The maximum atomic E-state index is 12.2. The van der Waals surface area contributed by atoms with Gasteiger partial charge in [0, 0.05) is 28.1 Å². The number of ether oxygens (including phenoxy) is 1. The Labute approximate surface area is 162 Å². The van der Waals surface area contributed by atoms with Crippen molar-refractivity contribution < 1.29 is 14.3 Å². The van der Waals surface area contributed by atoms with Crippen LogP contribution in [0.2, 0.25) is 5.02 Å². The minimum atomic E-state index is -0.826. The Kier molecular flexibility index (Phi) is 8.46. The third kappa shape index (κ3) is 6.76. The molecule has 0 aliphatic carbocycles. The lowest BCUT2D eigenvalue weighted by atomic mass is 10.1. The van der Waals surface area contributed by atoms with Crippen molar-refractivity contribution in [3.8, 4) is 0 Å². The molecular weight excluding hydrogens is 378 g/mol. The van der Waals surface area contributed by atoms with Crippen LogP contribution in [-0.2, 0) is 14.3 Å². The highest BCUT2D eigenvalue weighted by atomic mass is 35.5. The number of amides is 1. The van der Waals surface area contributed by atoms with Gasteiger partial charge in [0.05, 0.1) is 0 Å². The van der Waals surface area contributed by atoms with E-state index < -0.39 is 6.10 Å². The minimum Gasteiger partial charge on any atom is -0.453 e. The van der Waals surface area contributed by atoms with Gasteiger partial charge in [-0.2, -0.15) is 0 Å². The average molecular weight is 402 g/mol. The molecule has 1 amide bonds. The van der Waals surface area contributed by atoms with Crippen molar-refractivity contribution in [2.24, 2.45) is 0 Å². The van der Waals surface area contributed by atoms with Gasteiger partial charge in [-0.05, 0) is 50.8 Å². The summed E-state index contributed by atoms with van der Waals surface area (Å²) in [7, 11) is 3.89. The summed E-state index contributed by atoms with van der Waals surface area (Å²) in [5.41, 5.74) is 1.42. The zero-order valence-corrected chi connectivity index (χ0v) is 16.9. The molecule has 0 spiro atoms. The zero-order chi connectivity index (χ0) is 18.2. The fourth-order valence-electron chi connectivity index (χ4n) is 2.49. The van der Waals surface area contributed by atoms with Crippen molar-refractivity contribution >= 4 is 50.8 Å². The number of nitrogens with one attached hydrogen (secondary N) is 1. The van der Waals surface area contributed by atoms with Gasteiger partial charge in [0.1, 0.15) is 0 Å². The predicted molar refractivity (Wildman–Crippen MR) is 107 cm³/mol. The number of rotatable bonds is 8. The van der Waals surface area contributed by atoms with Crippen LogP contribution < -0.4 is 5.32 Å². The molecule has 1 heterocycles. The van der Waals surface area contributed by atoms with E-state index in [0.717, 1.165) is 30.1 Å². The molecule has 1 saturated heterocycles. The van der Waals surface area contributed by atoms with Gasteiger partial charge in [-0.25, -0.2) is 0 Å². The number of hydrogen-bond donors (Lipinski definition) is 1. The molecule has 1 N–H and O–H groups in total. The van der Waals surface area contributed by atoms with Crippen molar-refractivity contribution in [1.82, 2.24) is 0 Å². The molecule has 138 valence electrons. The summed E-state index contributed by atoms with van der Waals surface area (Å²) in [6.07, 6.45) is 3.78. The third-order valence-electron chi connectivity index (χ3n) is 4.09. The molecule has 0 aromatic heterocycles. The fraction of sp³-hybridized carbons (Fsp3) is 0.556. The van der Waals surface area contributed by atoms with Gasteiger partial charge < -0.3 is 10.1 Å². The monoisotopic (exact) mass is 401 g/mol. The zero-order valence-electron chi connectivity index (χ0n) is 14.5. The predicted octanol–water partition coefficient (Wildman–Crippen LogP) is 5.23. The third-order valence-corrected chi connectivity index (χ3v) is 7.50. The van der Waals surface area contributed by atoms with Crippen LogP contribution in [0.15, 0.2) is 18.2 Å². The van der Waals surface area contributed by atoms with Crippen LogP contribution >= 0.6 is 33.2 Å². The summed E-state index contributed by atoms with van der Waals surface area (Å²) in [6.45, 7) is 3.41. The first kappa shape index (κ1) is 20.5. The molecule has 0 saturated carbocycles. The summed E-state index contributed by atoms with van der Waals surface area (Å²) < 4.78 is 5.23. The number of hydrogen-bond acceptors (Lipinski definition) is 5. The lowest BCUT2D eigenvalue weighted by molar-refractivity contribution is -0.153. The second-order valence-electron chi connectivity index (χ2n) is 6.11. The minimum absolute atomic E-state index is 0.320. The molecule has 25 heavy (non-hydrogen) atoms. The SMILES string of the molecule is Cc1c(Cl)cccc1NC(=O)[C@@H](C)OC(=O)CCCC[C@H]1CCSS1. The van der Waals surface area contributed by atoms with Gasteiger partial charge in [0.2, 0.25) is 0 Å². The number of unbranched alkanes of at least 4 members (excludes halogenated alkanes) is 1. The van der Waals surface area contributed by atoms with E-state index in [9.17, 15) is 9.59 Å². The van der Waals surface area contributed by atoms with E-state index in [2.05, 4.69) is 5.32 Å². The van der Waals surface area contributed by atoms with Gasteiger partial charge in [0.15, 0.2) is 6.10 Å². The maximum Gasteiger partial charge on any atom is 0.306 e. The van der Waals surface area contributed by atoms with Crippen LogP contribution in [0, 0.1) is 6.92 Å². The molecular formula is C18H24ClNO3S2. The van der Waals surface area contributed by atoms with E-state index in [1.807, 2.05) is 28.5 Å². The highest BCUT2D eigenvalue weighted by Crippen LogP contribution is 2.39. The number of carbonyl (C=O) groups is 2. The fourth-order valence-corrected chi connectivity index (χ4v) is 5.69. The molecule has 2 rings (SSSR count). The summed E-state index contributed by atoms with van der Waals surface area (Å²) in [6, 6.07) is 5.30. The lowest BCUT2D eigenvalue weighted by Gasteiger charge is -2.15. The van der Waals surface area contributed by atoms with Gasteiger partial charge in [-0.15, -0.1) is 0 Å².